The molecule has 4 heteroatoms. The minimum absolute atomic E-state index is 0.0724. The molecule has 108 valence electrons. The second-order valence-corrected chi connectivity index (χ2v) is 4.99. The first-order chi connectivity index (χ1) is 9.65. The molecule has 0 fully saturated rings. The van der Waals surface area contributed by atoms with Crippen LogP contribution >= 0.6 is 0 Å². The average Bonchev–Trinajstić information content (AvgIpc) is 2.89. The number of rotatable bonds is 6. The summed E-state index contributed by atoms with van der Waals surface area (Å²) in [5.74, 6) is 7.53. The van der Waals surface area contributed by atoms with Crippen molar-refractivity contribution in [1.82, 2.24) is 5.43 Å². The fourth-order valence-electron chi connectivity index (χ4n) is 2.27. The van der Waals surface area contributed by atoms with Crippen LogP contribution in [-0.2, 0) is 6.42 Å². The third-order valence-corrected chi connectivity index (χ3v) is 3.16. The van der Waals surface area contributed by atoms with Gasteiger partial charge in [0.05, 0.1) is 18.4 Å². The van der Waals surface area contributed by atoms with Gasteiger partial charge in [-0.1, -0.05) is 19.1 Å². The largest absolute Gasteiger partial charge is 0.491 e. The van der Waals surface area contributed by atoms with Gasteiger partial charge >= 0.3 is 0 Å². The number of hydrogen-bond donors (Lipinski definition) is 2. The summed E-state index contributed by atoms with van der Waals surface area (Å²) in [5.41, 5.74) is 5.01. The van der Waals surface area contributed by atoms with Crippen molar-refractivity contribution in [2.24, 2.45) is 5.84 Å². The Morgan fingerprint density at radius 3 is 2.45 bits per heavy atom. The highest BCUT2D eigenvalue weighted by atomic mass is 16.5. The monoisotopic (exact) mass is 274 g/mol. The molecule has 2 aromatic rings. The van der Waals surface area contributed by atoms with Gasteiger partial charge in [-0.2, -0.15) is 0 Å². The Morgan fingerprint density at radius 2 is 1.90 bits per heavy atom. The topological polar surface area (TPSA) is 60.4 Å². The molecule has 2 rings (SSSR count). The van der Waals surface area contributed by atoms with Crippen LogP contribution < -0.4 is 16.0 Å². The fourth-order valence-corrected chi connectivity index (χ4v) is 2.27. The van der Waals surface area contributed by atoms with E-state index >= 15 is 0 Å². The predicted molar refractivity (Wildman–Crippen MR) is 79.5 cm³/mol. The average molecular weight is 274 g/mol. The predicted octanol–water partition coefficient (Wildman–Crippen LogP) is 3.18. The van der Waals surface area contributed by atoms with E-state index in [4.69, 9.17) is 15.0 Å². The molecule has 0 bridgehead atoms. The molecule has 0 amide bonds. The molecule has 1 atom stereocenters. The van der Waals surface area contributed by atoms with Crippen LogP contribution in [0.5, 0.6) is 5.75 Å². The van der Waals surface area contributed by atoms with E-state index in [-0.39, 0.29) is 12.1 Å². The number of aryl methyl sites for hydroxylation is 1. The maximum atomic E-state index is 5.72. The number of hydrogen-bond acceptors (Lipinski definition) is 4. The van der Waals surface area contributed by atoms with E-state index in [1.54, 1.807) is 6.26 Å². The van der Waals surface area contributed by atoms with Crippen LogP contribution in [0.15, 0.2) is 41.0 Å². The SMILES string of the molecule is CCc1occc1C(NN)c1ccc(OC(C)C)cc1. The van der Waals surface area contributed by atoms with Gasteiger partial charge in [0.2, 0.25) is 0 Å². The molecular weight excluding hydrogens is 252 g/mol. The van der Waals surface area contributed by atoms with Crippen LogP contribution in [0.3, 0.4) is 0 Å². The lowest BCUT2D eigenvalue weighted by atomic mass is 9.99. The molecule has 0 aliphatic carbocycles. The molecule has 1 unspecified atom stereocenters. The molecule has 0 aliphatic heterocycles. The Labute approximate surface area is 119 Å². The van der Waals surface area contributed by atoms with E-state index in [2.05, 4.69) is 12.3 Å². The van der Waals surface area contributed by atoms with Gasteiger partial charge in [0.1, 0.15) is 11.5 Å². The van der Waals surface area contributed by atoms with Gasteiger partial charge in [-0.3, -0.25) is 5.84 Å². The molecular formula is C16H22N2O2. The van der Waals surface area contributed by atoms with Crippen LogP contribution in [0.1, 0.15) is 43.7 Å². The number of nitrogens with one attached hydrogen (secondary N) is 1. The second kappa shape index (κ2) is 6.59. The van der Waals surface area contributed by atoms with E-state index in [9.17, 15) is 0 Å². The molecule has 0 aliphatic rings. The lowest BCUT2D eigenvalue weighted by molar-refractivity contribution is 0.242. The van der Waals surface area contributed by atoms with Crippen molar-refractivity contribution in [3.05, 3.63) is 53.5 Å². The molecule has 3 N–H and O–H groups in total. The molecule has 1 aromatic carbocycles. The van der Waals surface area contributed by atoms with Gasteiger partial charge in [-0.25, -0.2) is 5.43 Å². The number of ether oxygens (including phenoxy) is 1. The quantitative estimate of drug-likeness (QED) is 0.627. The normalized spacial score (nSPS) is 12.7. The minimum Gasteiger partial charge on any atom is -0.491 e. The summed E-state index contributed by atoms with van der Waals surface area (Å²) in [6.07, 6.45) is 2.72. The van der Waals surface area contributed by atoms with E-state index < -0.39 is 0 Å². The molecule has 0 saturated carbocycles. The van der Waals surface area contributed by atoms with Crippen LogP contribution in [0.4, 0.5) is 0 Å². The Morgan fingerprint density at radius 1 is 1.20 bits per heavy atom. The third kappa shape index (κ3) is 3.21. The van der Waals surface area contributed by atoms with Crippen molar-refractivity contribution in [2.75, 3.05) is 0 Å². The zero-order valence-electron chi connectivity index (χ0n) is 12.2. The highest BCUT2D eigenvalue weighted by molar-refractivity contribution is 5.36. The number of furan rings is 1. The van der Waals surface area contributed by atoms with E-state index in [1.165, 1.54) is 0 Å². The maximum Gasteiger partial charge on any atom is 0.119 e. The van der Waals surface area contributed by atoms with Gasteiger partial charge in [-0.15, -0.1) is 0 Å². The minimum atomic E-state index is -0.0724. The Kier molecular flexibility index (Phi) is 4.82. The standard InChI is InChI=1S/C16H22N2O2/c1-4-15-14(9-10-19-15)16(18-17)12-5-7-13(8-6-12)20-11(2)3/h5-11,16,18H,4,17H2,1-3H3. The number of benzene rings is 1. The van der Waals surface area contributed by atoms with Gasteiger partial charge < -0.3 is 9.15 Å². The van der Waals surface area contributed by atoms with Crippen molar-refractivity contribution in [3.63, 3.8) is 0 Å². The summed E-state index contributed by atoms with van der Waals surface area (Å²) in [4.78, 5) is 0. The van der Waals surface area contributed by atoms with Crippen molar-refractivity contribution in [2.45, 2.75) is 39.3 Å². The summed E-state index contributed by atoms with van der Waals surface area (Å²) < 4.78 is 11.1. The zero-order valence-corrected chi connectivity index (χ0v) is 12.2. The molecule has 0 radical (unpaired) electrons. The van der Waals surface area contributed by atoms with Crippen molar-refractivity contribution >= 4 is 0 Å². The molecule has 1 aromatic heterocycles. The van der Waals surface area contributed by atoms with Crippen molar-refractivity contribution in [1.29, 1.82) is 0 Å². The second-order valence-electron chi connectivity index (χ2n) is 4.99. The highest BCUT2D eigenvalue weighted by Crippen LogP contribution is 2.27. The lowest BCUT2D eigenvalue weighted by Gasteiger charge is -2.17. The van der Waals surface area contributed by atoms with Gasteiger partial charge in [-0.05, 0) is 37.6 Å². The van der Waals surface area contributed by atoms with Gasteiger partial charge in [0.25, 0.3) is 0 Å². The van der Waals surface area contributed by atoms with E-state index in [0.717, 1.165) is 29.1 Å². The Bertz CT molecular complexity index is 532. The number of hydrazine groups is 1. The summed E-state index contributed by atoms with van der Waals surface area (Å²) in [6.45, 7) is 6.09. The highest BCUT2D eigenvalue weighted by Gasteiger charge is 2.17. The third-order valence-electron chi connectivity index (χ3n) is 3.16. The first-order valence-electron chi connectivity index (χ1n) is 6.94. The molecule has 0 spiro atoms. The van der Waals surface area contributed by atoms with Crippen molar-refractivity contribution < 1.29 is 9.15 Å². The molecule has 20 heavy (non-hydrogen) atoms. The summed E-state index contributed by atoms with van der Waals surface area (Å²) in [6, 6.07) is 9.86. The Balaban J connectivity index is 2.24. The zero-order chi connectivity index (χ0) is 14.5. The van der Waals surface area contributed by atoms with Crippen molar-refractivity contribution in [3.8, 4) is 5.75 Å². The van der Waals surface area contributed by atoms with Crippen LogP contribution in [0.2, 0.25) is 0 Å². The smallest absolute Gasteiger partial charge is 0.119 e. The first-order valence-corrected chi connectivity index (χ1v) is 6.94. The van der Waals surface area contributed by atoms with E-state index in [1.807, 2.05) is 44.2 Å². The maximum absolute atomic E-state index is 5.72. The Hall–Kier alpha value is -1.78. The molecule has 0 saturated heterocycles. The molecule has 4 nitrogen and oxygen atoms in total. The van der Waals surface area contributed by atoms with Crippen LogP contribution in [-0.4, -0.2) is 6.10 Å². The van der Waals surface area contributed by atoms with E-state index in [0.29, 0.717) is 0 Å². The number of nitrogens with two attached hydrogens (primary N) is 1. The first kappa shape index (κ1) is 14.6. The lowest BCUT2D eigenvalue weighted by Crippen LogP contribution is -2.29. The summed E-state index contributed by atoms with van der Waals surface area (Å²) in [7, 11) is 0. The molecule has 1 heterocycles. The summed E-state index contributed by atoms with van der Waals surface area (Å²) >= 11 is 0. The van der Waals surface area contributed by atoms with Gasteiger partial charge in [0, 0.05) is 12.0 Å². The van der Waals surface area contributed by atoms with Crippen LogP contribution in [0, 0.1) is 0 Å². The fraction of sp³-hybridized carbons (Fsp3) is 0.375. The van der Waals surface area contributed by atoms with Gasteiger partial charge in [0.15, 0.2) is 0 Å². The van der Waals surface area contributed by atoms with Crippen LogP contribution in [0.25, 0.3) is 0 Å². The summed E-state index contributed by atoms with van der Waals surface area (Å²) in [5, 5.41) is 0.